The van der Waals surface area contributed by atoms with Gasteiger partial charge in [0.1, 0.15) is 6.61 Å². The molecule has 1 atom stereocenters. The first kappa shape index (κ1) is 14.1. The molecule has 0 saturated carbocycles. The maximum absolute atomic E-state index is 12.2. The summed E-state index contributed by atoms with van der Waals surface area (Å²) in [6, 6.07) is 1.58. The first-order chi connectivity index (χ1) is 10.0. The molecule has 1 aromatic heterocycles. The predicted octanol–water partition coefficient (Wildman–Crippen LogP) is 0.526. The summed E-state index contributed by atoms with van der Waals surface area (Å²) in [6.07, 6.45) is 2.89. The lowest BCUT2D eigenvalue weighted by atomic mass is 9.83. The lowest BCUT2D eigenvalue weighted by molar-refractivity contribution is -0.181. The van der Waals surface area contributed by atoms with Crippen LogP contribution >= 0.6 is 0 Å². The largest absolute Gasteiger partial charge is 0.363 e. The van der Waals surface area contributed by atoms with Crippen molar-refractivity contribution in [2.45, 2.75) is 31.4 Å². The van der Waals surface area contributed by atoms with Gasteiger partial charge in [0.05, 0.1) is 17.8 Å². The van der Waals surface area contributed by atoms with E-state index in [0.29, 0.717) is 25.9 Å². The van der Waals surface area contributed by atoms with Gasteiger partial charge in [-0.05, 0) is 19.8 Å². The molecule has 3 rings (SSSR count). The highest BCUT2D eigenvalue weighted by molar-refractivity contribution is 5.91. The molecule has 2 aliphatic rings. The summed E-state index contributed by atoms with van der Waals surface area (Å²) in [4.78, 5) is 27.4. The normalized spacial score (nSPS) is 25.4. The van der Waals surface area contributed by atoms with Gasteiger partial charge in [0.2, 0.25) is 11.7 Å². The Morgan fingerprint density at radius 1 is 1.43 bits per heavy atom. The molecule has 0 N–H and O–H groups in total. The predicted molar refractivity (Wildman–Crippen MR) is 72.6 cm³/mol. The summed E-state index contributed by atoms with van der Waals surface area (Å²) in [5.74, 6) is 0.124. The zero-order valence-electron chi connectivity index (χ0n) is 12.2. The number of piperidine rings is 1. The number of carbonyl (C=O) groups excluding carboxylic acids is 2. The number of carbonyl (C=O) groups is 2. The molecule has 1 spiro atoms. The zero-order valence-corrected chi connectivity index (χ0v) is 12.2. The molecule has 1 aromatic rings. The molecule has 0 radical (unpaired) electrons. The third kappa shape index (κ3) is 2.31. The highest BCUT2D eigenvalue weighted by Crippen LogP contribution is 2.35. The highest BCUT2D eigenvalue weighted by atomic mass is 16.5. The van der Waals surface area contributed by atoms with Gasteiger partial charge in [0.25, 0.3) is 5.91 Å². The standard InChI is InChI=1S/C14H19N3O4/c1-10-14(20-9-12(18)16(10)2)4-7-17(8-5-14)13(19)11-3-6-15-21-11/h3,6,10H,4-5,7-9H2,1-2H3/t10-/m1/s1. The average molecular weight is 293 g/mol. The summed E-state index contributed by atoms with van der Waals surface area (Å²) in [6.45, 7) is 3.31. The van der Waals surface area contributed by atoms with Crippen LogP contribution in [0.5, 0.6) is 0 Å². The van der Waals surface area contributed by atoms with Crippen molar-refractivity contribution < 1.29 is 18.8 Å². The summed E-state index contributed by atoms with van der Waals surface area (Å²) in [5.41, 5.74) is -0.346. The second-order valence-corrected chi connectivity index (χ2v) is 5.70. The fraction of sp³-hybridized carbons (Fsp3) is 0.643. The van der Waals surface area contributed by atoms with Crippen molar-refractivity contribution in [3.63, 3.8) is 0 Å². The number of likely N-dealkylation sites (N-methyl/N-ethyl adjacent to an activating group) is 1. The van der Waals surface area contributed by atoms with Gasteiger partial charge in [-0.25, -0.2) is 0 Å². The van der Waals surface area contributed by atoms with Crippen molar-refractivity contribution >= 4 is 11.8 Å². The number of ether oxygens (including phenoxy) is 1. The Balaban J connectivity index is 1.67. The molecule has 2 saturated heterocycles. The number of rotatable bonds is 1. The monoisotopic (exact) mass is 293 g/mol. The van der Waals surface area contributed by atoms with Gasteiger partial charge in [-0.3, -0.25) is 9.59 Å². The summed E-state index contributed by atoms with van der Waals surface area (Å²) in [7, 11) is 1.81. The van der Waals surface area contributed by atoms with Crippen LogP contribution in [0.15, 0.2) is 16.8 Å². The fourth-order valence-corrected chi connectivity index (χ4v) is 3.13. The van der Waals surface area contributed by atoms with Crippen LogP contribution in [-0.4, -0.2) is 65.2 Å². The van der Waals surface area contributed by atoms with E-state index in [1.165, 1.54) is 6.20 Å². The molecule has 0 unspecified atom stereocenters. The molecule has 21 heavy (non-hydrogen) atoms. The second-order valence-electron chi connectivity index (χ2n) is 5.70. The molecule has 114 valence electrons. The third-order valence-corrected chi connectivity index (χ3v) is 4.76. The van der Waals surface area contributed by atoms with Gasteiger partial charge in [-0.15, -0.1) is 0 Å². The van der Waals surface area contributed by atoms with Crippen LogP contribution in [0.4, 0.5) is 0 Å². The maximum Gasteiger partial charge on any atom is 0.292 e. The van der Waals surface area contributed by atoms with Crippen molar-refractivity contribution in [1.29, 1.82) is 0 Å². The quantitative estimate of drug-likeness (QED) is 0.755. The SMILES string of the molecule is C[C@H]1N(C)C(=O)COC12CCN(C(=O)c1ccno1)CC2. The van der Waals surface area contributed by atoms with Crippen molar-refractivity contribution in [3.05, 3.63) is 18.0 Å². The van der Waals surface area contributed by atoms with Gasteiger partial charge >= 0.3 is 0 Å². The molecule has 0 aromatic carbocycles. The average Bonchev–Trinajstić information content (AvgIpc) is 3.04. The molecule has 7 nitrogen and oxygen atoms in total. The van der Waals surface area contributed by atoms with Gasteiger partial charge in [0, 0.05) is 26.2 Å². The van der Waals surface area contributed by atoms with E-state index in [-0.39, 0.29) is 35.8 Å². The molecular weight excluding hydrogens is 274 g/mol. The van der Waals surface area contributed by atoms with Crippen LogP contribution in [0, 0.1) is 0 Å². The van der Waals surface area contributed by atoms with E-state index in [1.54, 1.807) is 15.9 Å². The highest BCUT2D eigenvalue weighted by Gasteiger charge is 2.47. The van der Waals surface area contributed by atoms with Crippen molar-refractivity contribution in [1.82, 2.24) is 15.0 Å². The molecule has 2 aliphatic heterocycles. The van der Waals surface area contributed by atoms with Crippen LogP contribution in [0.1, 0.15) is 30.3 Å². The zero-order chi connectivity index (χ0) is 15.0. The van der Waals surface area contributed by atoms with Crippen LogP contribution in [0.2, 0.25) is 0 Å². The van der Waals surface area contributed by atoms with Crippen LogP contribution in [-0.2, 0) is 9.53 Å². The van der Waals surface area contributed by atoms with E-state index in [9.17, 15) is 9.59 Å². The summed E-state index contributed by atoms with van der Waals surface area (Å²) in [5, 5.41) is 3.56. The Morgan fingerprint density at radius 2 is 2.14 bits per heavy atom. The van der Waals surface area contributed by atoms with E-state index < -0.39 is 0 Å². The number of nitrogens with zero attached hydrogens (tertiary/aromatic N) is 3. The molecule has 2 amide bonds. The first-order valence-corrected chi connectivity index (χ1v) is 7.13. The van der Waals surface area contributed by atoms with Gasteiger partial charge < -0.3 is 19.1 Å². The smallest absolute Gasteiger partial charge is 0.292 e. The van der Waals surface area contributed by atoms with E-state index >= 15 is 0 Å². The van der Waals surface area contributed by atoms with Crippen LogP contribution < -0.4 is 0 Å². The second kappa shape index (κ2) is 5.14. The van der Waals surface area contributed by atoms with E-state index in [4.69, 9.17) is 9.26 Å². The molecule has 0 bridgehead atoms. The van der Waals surface area contributed by atoms with E-state index in [2.05, 4.69) is 5.16 Å². The summed E-state index contributed by atoms with van der Waals surface area (Å²) >= 11 is 0. The van der Waals surface area contributed by atoms with Crippen molar-refractivity contribution in [2.24, 2.45) is 0 Å². The number of hydrogen-bond donors (Lipinski definition) is 0. The molecule has 7 heteroatoms. The molecule has 2 fully saturated rings. The molecule has 0 aliphatic carbocycles. The van der Waals surface area contributed by atoms with Gasteiger partial charge in [-0.2, -0.15) is 0 Å². The fourth-order valence-electron chi connectivity index (χ4n) is 3.13. The minimum atomic E-state index is -0.346. The Kier molecular flexibility index (Phi) is 3.44. The van der Waals surface area contributed by atoms with E-state index in [0.717, 1.165) is 0 Å². The molecular formula is C14H19N3O4. The minimum absolute atomic E-state index is 0.00768. The Morgan fingerprint density at radius 3 is 2.76 bits per heavy atom. The number of likely N-dealkylation sites (tertiary alicyclic amines) is 1. The maximum atomic E-state index is 12.2. The Hall–Kier alpha value is -1.89. The Bertz CT molecular complexity index is 534. The number of amides is 2. The Labute approximate surface area is 122 Å². The minimum Gasteiger partial charge on any atom is -0.363 e. The topological polar surface area (TPSA) is 75.9 Å². The van der Waals surface area contributed by atoms with Crippen LogP contribution in [0.3, 0.4) is 0 Å². The number of hydrogen-bond acceptors (Lipinski definition) is 5. The number of aromatic nitrogens is 1. The van der Waals surface area contributed by atoms with E-state index in [1.807, 2.05) is 14.0 Å². The molecule has 3 heterocycles. The lowest BCUT2D eigenvalue weighted by Gasteiger charge is -2.50. The van der Waals surface area contributed by atoms with Crippen LogP contribution in [0.25, 0.3) is 0 Å². The first-order valence-electron chi connectivity index (χ1n) is 7.13. The van der Waals surface area contributed by atoms with Crippen molar-refractivity contribution in [3.8, 4) is 0 Å². The summed E-state index contributed by atoms with van der Waals surface area (Å²) < 4.78 is 10.8. The number of morpholine rings is 1. The third-order valence-electron chi connectivity index (χ3n) is 4.76. The van der Waals surface area contributed by atoms with Crippen molar-refractivity contribution in [2.75, 3.05) is 26.7 Å². The van der Waals surface area contributed by atoms with Gasteiger partial charge in [0.15, 0.2) is 0 Å². The lowest BCUT2D eigenvalue weighted by Crippen LogP contribution is -2.63. The van der Waals surface area contributed by atoms with Gasteiger partial charge in [-0.1, -0.05) is 5.16 Å².